The van der Waals surface area contributed by atoms with E-state index < -0.39 is 0 Å². The van der Waals surface area contributed by atoms with Crippen molar-refractivity contribution in [2.45, 2.75) is 24.7 Å². The topological polar surface area (TPSA) is 76.7 Å². The zero-order valence-electron chi connectivity index (χ0n) is 15.7. The number of hydrogen-bond acceptors (Lipinski definition) is 5. The lowest BCUT2D eigenvalue weighted by atomic mass is 10.2. The second-order valence-corrected chi connectivity index (χ2v) is 6.77. The lowest BCUT2D eigenvalue weighted by Gasteiger charge is -2.11. The number of ether oxygens (including phenoxy) is 2. The molecule has 27 heavy (non-hydrogen) atoms. The van der Waals surface area contributed by atoms with E-state index in [-0.39, 0.29) is 17.6 Å². The van der Waals surface area contributed by atoms with Crippen LogP contribution in [0.3, 0.4) is 0 Å². The fraction of sp³-hybridized carbons (Fsp3) is 0.300. The number of amides is 2. The molecular weight excluding hydrogens is 364 g/mol. The third-order valence-electron chi connectivity index (χ3n) is 3.67. The standard InChI is InChI=1S/C20H24N2O4S/c1-4-5-19(23)21-14-6-9-16(10-7-14)27-13-20(24)22-17-11-8-15(25-2)12-18(17)26-3/h6-12H,4-5,13H2,1-3H3,(H,21,23)(H,22,24). The fourth-order valence-electron chi connectivity index (χ4n) is 2.32. The van der Waals surface area contributed by atoms with Crippen molar-refractivity contribution >= 4 is 35.0 Å². The minimum atomic E-state index is -0.135. The van der Waals surface area contributed by atoms with E-state index in [4.69, 9.17) is 9.47 Å². The molecule has 0 aliphatic heterocycles. The van der Waals surface area contributed by atoms with E-state index in [2.05, 4.69) is 10.6 Å². The van der Waals surface area contributed by atoms with Crippen LogP contribution in [0, 0.1) is 0 Å². The summed E-state index contributed by atoms with van der Waals surface area (Å²) in [6, 6.07) is 12.7. The van der Waals surface area contributed by atoms with Crippen LogP contribution in [0.15, 0.2) is 47.4 Å². The largest absolute Gasteiger partial charge is 0.497 e. The Balaban J connectivity index is 1.87. The van der Waals surface area contributed by atoms with Gasteiger partial charge in [0.25, 0.3) is 0 Å². The van der Waals surface area contributed by atoms with E-state index >= 15 is 0 Å². The Morgan fingerprint density at radius 1 is 0.963 bits per heavy atom. The number of carbonyl (C=O) groups is 2. The Morgan fingerprint density at radius 2 is 1.70 bits per heavy atom. The molecule has 0 bridgehead atoms. The Morgan fingerprint density at radius 3 is 2.33 bits per heavy atom. The van der Waals surface area contributed by atoms with Crippen LogP contribution in [-0.4, -0.2) is 31.8 Å². The summed E-state index contributed by atoms with van der Waals surface area (Å²) in [5.74, 6) is 1.33. The van der Waals surface area contributed by atoms with Gasteiger partial charge in [-0.2, -0.15) is 0 Å². The van der Waals surface area contributed by atoms with Gasteiger partial charge in [-0.25, -0.2) is 0 Å². The Bertz CT molecular complexity index is 778. The molecule has 2 amide bonds. The van der Waals surface area contributed by atoms with Gasteiger partial charge in [0.05, 0.1) is 25.7 Å². The molecule has 2 aromatic rings. The van der Waals surface area contributed by atoms with Gasteiger partial charge in [0, 0.05) is 23.1 Å². The third kappa shape index (κ3) is 6.53. The van der Waals surface area contributed by atoms with Gasteiger partial charge in [0.15, 0.2) is 0 Å². The van der Waals surface area contributed by atoms with Crippen molar-refractivity contribution in [1.82, 2.24) is 0 Å². The second-order valence-electron chi connectivity index (χ2n) is 5.73. The molecular formula is C20H24N2O4S. The smallest absolute Gasteiger partial charge is 0.234 e. The monoisotopic (exact) mass is 388 g/mol. The molecule has 7 heteroatoms. The summed E-state index contributed by atoms with van der Waals surface area (Å²) in [6.45, 7) is 1.96. The zero-order chi connectivity index (χ0) is 19.6. The van der Waals surface area contributed by atoms with Gasteiger partial charge in [-0.3, -0.25) is 9.59 Å². The van der Waals surface area contributed by atoms with E-state index in [1.165, 1.54) is 11.8 Å². The van der Waals surface area contributed by atoms with Crippen molar-refractivity contribution in [3.8, 4) is 11.5 Å². The number of methoxy groups -OCH3 is 2. The van der Waals surface area contributed by atoms with E-state index in [1.807, 2.05) is 31.2 Å². The van der Waals surface area contributed by atoms with E-state index in [9.17, 15) is 9.59 Å². The maximum Gasteiger partial charge on any atom is 0.234 e. The number of rotatable bonds is 9. The van der Waals surface area contributed by atoms with Crippen molar-refractivity contribution in [3.63, 3.8) is 0 Å². The molecule has 144 valence electrons. The summed E-state index contributed by atoms with van der Waals surface area (Å²) in [6.07, 6.45) is 1.32. The second kappa shape index (κ2) is 10.5. The summed E-state index contributed by atoms with van der Waals surface area (Å²) in [5, 5.41) is 5.68. The molecule has 0 heterocycles. The predicted octanol–water partition coefficient (Wildman–Crippen LogP) is 4.17. The Labute approximate surface area is 163 Å². The van der Waals surface area contributed by atoms with Crippen LogP contribution in [0.4, 0.5) is 11.4 Å². The summed E-state index contributed by atoms with van der Waals surface area (Å²) in [4.78, 5) is 24.8. The summed E-state index contributed by atoms with van der Waals surface area (Å²) >= 11 is 1.42. The van der Waals surface area contributed by atoms with Crippen molar-refractivity contribution in [2.24, 2.45) is 0 Å². The van der Waals surface area contributed by atoms with Crippen molar-refractivity contribution < 1.29 is 19.1 Å². The molecule has 0 aliphatic rings. The zero-order valence-corrected chi connectivity index (χ0v) is 16.5. The number of anilines is 2. The van der Waals surface area contributed by atoms with E-state index in [0.29, 0.717) is 23.6 Å². The molecule has 0 aliphatic carbocycles. The number of benzene rings is 2. The summed E-state index contributed by atoms with van der Waals surface area (Å²) in [7, 11) is 3.12. The molecule has 0 saturated carbocycles. The van der Waals surface area contributed by atoms with Gasteiger partial charge >= 0.3 is 0 Å². The van der Waals surface area contributed by atoms with Gasteiger partial charge in [0.1, 0.15) is 11.5 Å². The third-order valence-corrected chi connectivity index (χ3v) is 4.68. The highest BCUT2D eigenvalue weighted by Crippen LogP contribution is 2.29. The van der Waals surface area contributed by atoms with Gasteiger partial charge in [-0.05, 0) is 42.8 Å². The lowest BCUT2D eigenvalue weighted by molar-refractivity contribution is -0.116. The average molecular weight is 388 g/mol. The molecule has 0 fully saturated rings. The van der Waals surface area contributed by atoms with Crippen LogP contribution in [0.25, 0.3) is 0 Å². The highest BCUT2D eigenvalue weighted by atomic mass is 32.2. The molecule has 0 spiro atoms. The molecule has 6 nitrogen and oxygen atoms in total. The first-order valence-corrected chi connectivity index (χ1v) is 9.59. The SMILES string of the molecule is CCCC(=O)Nc1ccc(SCC(=O)Nc2ccc(OC)cc2OC)cc1. The first-order chi connectivity index (χ1) is 13.0. The number of thioether (sulfide) groups is 1. The first-order valence-electron chi connectivity index (χ1n) is 8.60. The Hall–Kier alpha value is -2.67. The van der Waals surface area contributed by atoms with Crippen molar-refractivity contribution in [2.75, 3.05) is 30.6 Å². The van der Waals surface area contributed by atoms with Gasteiger partial charge in [-0.15, -0.1) is 11.8 Å². The minimum Gasteiger partial charge on any atom is -0.497 e. The molecule has 0 unspecified atom stereocenters. The molecule has 2 N–H and O–H groups in total. The Kier molecular flexibility index (Phi) is 8.00. The molecule has 2 aromatic carbocycles. The highest BCUT2D eigenvalue weighted by molar-refractivity contribution is 8.00. The maximum absolute atomic E-state index is 12.2. The van der Waals surface area contributed by atoms with Crippen molar-refractivity contribution in [3.05, 3.63) is 42.5 Å². The molecule has 0 saturated heterocycles. The van der Waals surface area contributed by atoms with Crippen LogP contribution in [0.1, 0.15) is 19.8 Å². The minimum absolute atomic E-state index is 0.00530. The highest BCUT2D eigenvalue weighted by Gasteiger charge is 2.10. The predicted molar refractivity (Wildman–Crippen MR) is 109 cm³/mol. The number of hydrogen-bond donors (Lipinski definition) is 2. The average Bonchev–Trinajstić information content (AvgIpc) is 2.68. The number of carbonyl (C=O) groups excluding carboxylic acids is 2. The van der Waals surface area contributed by atoms with Crippen LogP contribution in [0.5, 0.6) is 11.5 Å². The molecule has 2 rings (SSSR count). The van der Waals surface area contributed by atoms with Gasteiger partial charge < -0.3 is 20.1 Å². The lowest BCUT2D eigenvalue weighted by Crippen LogP contribution is -2.14. The number of nitrogens with one attached hydrogen (secondary N) is 2. The molecule has 0 radical (unpaired) electrons. The van der Waals surface area contributed by atoms with Crippen molar-refractivity contribution in [1.29, 1.82) is 0 Å². The fourth-order valence-corrected chi connectivity index (χ4v) is 3.02. The molecule has 0 atom stereocenters. The van der Waals surface area contributed by atoms with Gasteiger partial charge in [0.2, 0.25) is 11.8 Å². The maximum atomic E-state index is 12.2. The molecule has 0 aromatic heterocycles. The van der Waals surface area contributed by atoms with E-state index in [1.54, 1.807) is 32.4 Å². The van der Waals surface area contributed by atoms with Crippen LogP contribution in [0.2, 0.25) is 0 Å². The van der Waals surface area contributed by atoms with Crippen LogP contribution < -0.4 is 20.1 Å². The summed E-state index contributed by atoms with van der Waals surface area (Å²) in [5.41, 5.74) is 1.35. The normalized spacial score (nSPS) is 10.2. The van der Waals surface area contributed by atoms with E-state index in [0.717, 1.165) is 17.0 Å². The quantitative estimate of drug-likeness (QED) is 0.631. The van der Waals surface area contributed by atoms with Gasteiger partial charge in [-0.1, -0.05) is 6.92 Å². The van der Waals surface area contributed by atoms with Crippen LogP contribution >= 0.6 is 11.8 Å². The first kappa shape index (κ1) is 20.6. The summed E-state index contributed by atoms with van der Waals surface area (Å²) < 4.78 is 10.4. The van der Waals surface area contributed by atoms with Crippen LogP contribution in [-0.2, 0) is 9.59 Å².